The van der Waals surface area contributed by atoms with E-state index in [1.54, 1.807) is 0 Å². The van der Waals surface area contributed by atoms with Gasteiger partial charge in [-0.15, -0.1) is 0 Å². The normalized spacial score (nSPS) is 23.5. The fraction of sp³-hybridized carbons (Fsp3) is 0.435. The van der Waals surface area contributed by atoms with E-state index >= 15 is 0 Å². The topological polar surface area (TPSA) is 109 Å². The molecule has 2 fully saturated rings. The number of nitrogens with zero attached hydrogens (tertiary/aromatic N) is 2. The molecule has 0 radical (unpaired) electrons. The quantitative estimate of drug-likeness (QED) is 0.604. The number of carbonyl (C=O) groups excluding carboxylic acids is 1. The summed E-state index contributed by atoms with van der Waals surface area (Å²) in [6.45, 7) is 0. The molecule has 2 aliphatic carbocycles. The van der Waals surface area contributed by atoms with Crippen molar-refractivity contribution in [3.8, 4) is 17.2 Å². The third-order valence-electron chi connectivity index (χ3n) is 6.50. The molecule has 0 spiro atoms. The number of ether oxygens (including phenoxy) is 1. The number of alkyl halides is 3. The summed E-state index contributed by atoms with van der Waals surface area (Å²) in [5, 5.41) is 10.8. The highest BCUT2D eigenvalue weighted by atomic mass is 35.5. The second-order valence-corrected chi connectivity index (χ2v) is 11.4. The first-order valence-corrected chi connectivity index (χ1v) is 12.6. The van der Waals surface area contributed by atoms with Crippen molar-refractivity contribution in [1.29, 1.82) is 5.26 Å². The summed E-state index contributed by atoms with van der Waals surface area (Å²) in [5.74, 6) is -1.44. The van der Waals surface area contributed by atoms with Crippen molar-refractivity contribution < 1.29 is 31.1 Å². The summed E-state index contributed by atoms with van der Waals surface area (Å²) in [6, 6.07) is 6.41. The lowest BCUT2D eigenvalue weighted by molar-refractivity contribution is -0.139. The third-order valence-corrected chi connectivity index (χ3v) is 8.93. The van der Waals surface area contributed by atoms with Gasteiger partial charge in [0, 0.05) is 25.1 Å². The number of benzene rings is 1. The van der Waals surface area contributed by atoms with Crippen LogP contribution in [0.2, 0.25) is 5.02 Å². The third kappa shape index (κ3) is 5.01. The van der Waals surface area contributed by atoms with Gasteiger partial charge < -0.3 is 10.1 Å². The van der Waals surface area contributed by atoms with Crippen molar-refractivity contribution >= 4 is 27.3 Å². The van der Waals surface area contributed by atoms with Crippen molar-refractivity contribution in [1.82, 2.24) is 10.3 Å². The minimum absolute atomic E-state index is 0.107. The van der Waals surface area contributed by atoms with E-state index in [0.717, 1.165) is 12.1 Å². The van der Waals surface area contributed by atoms with Gasteiger partial charge >= 0.3 is 6.18 Å². The first-order chi connectivity index (χ1) is 16.4. The van der Waals surface area contributed by atoms with Gasteiger partial charge in [0.2, 0.25) is 5.91 Å². The summed E-state index contributed by atoms with van der Waals surface area (Å²) >= 11 is 5.89. The average Bonchev–Trinajstić information content (AvgIpc) is 3.43. The lowest BCUT2D eigenvalue weighted by Crippen LogP contribution is -2.42. The van der Waals surface area contributed by atoms with E-state index in [2.05, 4.69) is 10.3 Å². The summed E-state index contributed by atoms with van der Waals surface area (Å²) in [5.41, 5.74) is -1.86. The van der Waals surface area contributed by atoms with Crippen molar-refractivity contribution in [3.63, 3.8) is 0 Å². The first kappa shape index (κ1) is 25.4. The van der Waals surface area contributed by atoms with Crippen LogP contribution in [0.25, 0.3) is 11.1 Å². The Bertz CT molecular complexity index is 1310. The Morgan fingerprint density at radius 3 is 2.51 bits per heavy atom. The Hall–Kier alpha value is -2.68. The molecule has 186 valence electrons. The van der Waals surface area contributed by atoms with Gasteiger partial charge in [0.15, 0.2) is 9.84 Å². The van der Waals surface area contributed by atoms with Crippen LogP contribution in [0.4, 0.5) is 13.2 Å². The van der Waals surface area contributed by atoms with Crippen molar-refractivity contribution in [2.24, 2.45) is 5.92 Å². The van der Waals surface area contributed by atoms with E-state index in [9.17, 15) is 31.6 Å². The lowest BCUT2D eigenvalue weighted by Gasteiger charge is -2.19. The number of hydrogen-bond acceptors (Lipinski definition) is 6. The molecule has 0 saturated heterocycles. The minimum Gasteiger partial charge on any atom is -0.381 e. The smallest absolute Gasteiger partial charge is 0.381 e. The molecule has 0 aliphatic heterocycles. The second kappa shape index (κ2) is 9.08. The fourth-order valence-electron chi connectivity index (χ4n) is 4.39. The number of rotatable bonds is 6. The molecule has 35 heavy (non-hydrogen) atoms. The van der Waals surface area contributed by atoms with Crippen molar-refractivity contribution in [2.75, 3.05) is 7.11 Å². The number of nitrogens with one attached hydrogen (secondary N) is 1. The van der Waals surface area contributed by atoms with Gasteiger partial charge in [0.25, 0.3) is 0 Å². The van der Waals surface area contributed by atoms with E-state index in [1.165, 1.54) is 31.6 Å². The molecule has 3 atom stereocenters. The maximum Gasteiger partial charge on any atom is 0.417 e. The van der Waals surface area contributed by atoms with Crippen LogP contribution in [0.3, 0.4) is 0 Å². The number of pyridine rings is 1. The Labute approximate surface area is 205 Å². The van der Waals surface area contributed by atoms with Crippen LogP contribution in [-0.4, -0.2) is 43.3 Å². The van der Waals surface area contributed by atoms with Crippen LogP contribution in [-0.2, 0) is 25.5 Å². The van der Waals surface area contributed by atoms with Crippen LogP contribution in [0.15, 0.2) is 41.6 Å². The highest BCUT2D eigenvalue weighted by molar-refractivity contribution is 7.92. The van der Waals surface area contributed by atoms with E-state index in [1.807, 2.05) is 6.07 Å². The molecular weight excluding hydrogens is 507 g/mol. The molecule has 12 heteroatoms. The number of hydrogen-bond donors (Lipinski definition) is 1. The van der Waals surface area contributed by atoms with Gasteiger partial charge in [-0.05, 0) is 49.4 Å². The van der Waals surface area contributed by atoms with Gasteiger partial charge in [-0.25, -0.2) is 8.42 Å². The van der Waals surface area contributed by atoms with Crippen LogP contribution >= 0.6 is 11.6 Å². The zero-order valence-corrected chi connectivity index (χ0v) is 20.0. The molecule has 1 aromatic carbocycles. The van der Waals surface area contributed by atoms with Crippen LogP contribution in [0.5, 0.6) is 0 Å². The maximum absolute atomic E-state index is 14.0. The number of sulfone groups is 1. The molecule has 1 N–H and O–H groups in total. The Balaban J connectivity index is 1.67. The summed E-state index contributed by atoms with van der Waals surface area (Å²) < 4.78 is 74.1. The molecular formula is C23H21ClF3N3O4S. The monoisotopic (exact) mass is 527 g/mol. The number of methoxy groups -OCH3 is 1. The number of carbonyl (C=O) groups is 1. The van der Waals surface area contributed by atoms with Gasteiger partial charge in [-0.3, -0.25) is 9.78 Å². The van der Waals surface area contributed by atoms with Crippen LogP contribution < -0.4 is 5.32 Å². The van der Waals surface area contributed by atoms with Gasteiger partial charge in [-0.2, -0.15) is 18.4 Å². The SMILES string of the molecule is CO[C@@H]1C[C@H](S(=O)(=O)c2ccc(-c3cncc(Cl)c3)cc2C(F)(F)F)C[C@H]1C(=O)NC1(C#N)CC1. The van der Waals surface area contributed by atoms with Gasteiger partial charge in [-0.1, -0.05) is 17.7 Å². The molecule has 1 aromatic heterocycles. The average molecular weight is 528 g/mol. The zero-order chi connectivity index (χ0) is 25.6. The second-order valence-electron chi connectivity index (χ2n) is 8.80. The number of halogens is 4. The number of aromatic nitrogens is 1. The zero-order valence-electron chi connectivity index (χ0n) is 18.5. The van der Waals surface area contributed by atoms with Crippen molar-refractivity contribution in [3.05, 3.63) is 47.2 Å². The van der Waals surface area contributed by atoms with Gasteiger partial charge in [0.05, 0.1) is 38.8 Å². The Morgan fingerprint density at radius 2 is 1.94 bits per heavy atom. The largest absolute Gasteiger partial charge is 0.417 e. The highest BCUT2D eigenvalue weighted by Gasteiger charge is 2.51. The number of nitriles is 1. The van der Waals surface area contributed by atoms with E-state index in [4.69, 9.17) is 16.3 Å². The minimum atomic E-state index is -4.95. The maximum atomic E-state index is 14.0. The summed E-state index contributed by atoms with van der Waals surface area (Å²) in [4.78, 5) is 15.8. The predicted octanol–water partition coefficient (Wildman–Crippen LogP) is 4.16. The first-order valence-electron chi connectivity index (χ1n) is 10.7. The van der Waals surface area contributed by atoms with E-state index < -0.39 is 55.2 Å². The number of amides is 1. The Kier molecular flexibility index (Phi) is 6.59. The van der Waals surface area contributed by atoms with Crippen molar-refractivity contribution in [2.45, 2.75) is 53.6 Å². The predicted molar refractivity (Wildman–Crippen MR) is 120 cm³/mol. The van der Waals surface area contributed by atoms with Crippen LogP contribution in [0.1, 0.15) is 31.2 Å². The van der Waals surface area contributed by atoms with Crippen LogP contribution in [0, 0.1) is 17.2 Å². The molecule has 1 amide bonds. The highest BCUT2D eigenvalue weighted by Crippen LogP contribution is 2.43. The fourth-order valence-corrected chi connectivity index (χ4v) is 6.57. The summed E-state index contributed by atoms with van der Waals surface area (Å²) in [6.07, 6.45) is -2.49. The molecule has 0 unspecified atom stereocenters. The molecule has 2 aliphatic rings. The molecule has 7 nitrogen and oxygen atoms in total. The molecule has 2 aromatic rings. The Morgan fingerprint density at radius 1 is 1.23 bits per heavy atom. The van der Waals surface area contributed by atoms with E-state index in [-0.39, 0.29) is 23.4 Å². The summed E-state index contributed by atoms with van der Waals surface area (Å²) in [7, 11) is -3.18. The lowest BCUT2D eigenvalue weighted by atomic mass is 10.0. The standard InChI is InChI=1S/C23H21ClF3N3O4S/c1-34-19-9-16(8-17(19)21(31)30-22(12-28)4-5-22)35(32,33)20-3-2-13(7-18(20)23(25,26)27)14-6-15(24)11-29-10-14/h2-3,6-7,10-11,16-17,19H,4-5,8-9H2,1H3,(H,30,31)/t16-,17-,19-/m1/s1. The molecule has 4 rings (SSSR count). The van der Waals surface area contributed by atoms with E-state index in [0.29, 0.717) is 18.4 Å². The van der Waals surface area contributed by atoms with Gasteiger partial charge in [0.1, 0.15) is 5.54 Å². The molecule has 2 saturated carbocycles. The molecule has 0 bridgehead atoms. The molecule has 1 heterocycles.